The topological polar surface area (TPSA) is 72.2 Å². The number of methoxy groups -OCH3 is 1. The van der Waals surface area contributed by atoms with E-state index in [1.165, 1.54) is 6.42 Å². The average Bonchev–Trinajstić information content (AvgIpc) is 3.33. The van der Waals surface area contributed by atoms with Crippen molar-refractivity contribution in [2.24, 2.45) is 0 Å². The van der Waals surface area contributed by atoms with E-state index in [-0.39, 0.29) is 23.7 Å². The Balaban J connectivity index is 1.60. The van der Waals surface area contributed by atoms with Gasteiger partial charge in [-0.2, -0.15) is 0 Å². The molecule has 164 valence electrons. The molecular weight excluding hydrogens is 402 g/mol. The molecule has 32 heavy (non-hydrogen) atoms. The van der Waals surface area contributed by atoms with Gasteiger partial charge in [0.15, 0.2) is 0 Å². The molecule has 2 aliphatic rings. The molecule has 6 heteroatoms. The summed E-state index contributed by atoms with van der Waals surface area (Å²) in [6.45, 7) is 0. The first kappa shape index (κ1) is 19.3. The largest absolute Gasteiger partial charge is 0.497 e. The molecule has 2 aromatic heterocycles. The summed E-state index contributed by atoms with van der Waals surface area (Å²) in [5.41, 5.74) is 4.80. The van der Waals surface area contributed by atoms with Crippen molar-refractivity contribution in [3.05, 3.63) is 81.5 Å². The molecule has 1 aliphatic carbocycles. The number of benzene rings is 2. The summed E-state index contributed by atoms with van der Waals surface area (Å²) in [7, 11) is 1.65. The van der Waals surface area contributed by atoms with Crippen LogP contribution >= 0.6 is 0 Å². The van der Waals surface area contributed by atoms with Crippen LogP contribution in [-0.4, -0.2) is 26.3 Å². The number of nitrogens with one attached hydrogen (secondary N) is 1. The minimum atomic E-state index is -0.324. The normalized spacial score (nSPS) is 18.5. The molecule has 0 radical (unpaired) electrons. The number of rotatable bonds is 3. The molecular formula is C26H27N3O3. The van der Waals surface area contributed by atoms with E-state index >= 15 is 0 Å². The van der Waals surface area contributed by atoms with E-state index in [9.17, 15) is 9.90 Å². The number of aromatic hydroxyl groups is 1. The van der Waals surface area contributed by atoms with Crippen LogP contribution in [0.3, 0.4) is 0 Å². The van der Waals surface area contributed by atoms with Crippen LogP contribution in [0.15, 0.2) is 53.3 Å². The first-order valence-electron chi connectivity index (χ1n) is 11.5. The van der Waals surface area contributed by atoms with E-state index in [0.29, 0.717) is 12.1 Å². The second-order valence-corrected chi connectivity index (χ2v) is 9.00. The van der Waals surface area contributed by atoms with Crippen molar-refractivity contribution >= 4 is 10.9 Å². The molecule has 0 spiro atoms. The highest BCUT2D eigenvalue weighted by Gasteiger charge is 2.36. The smallest absolute Gasteiger partial charge is 0.332 e. The lowest BCUT2D eigenvalue weighted by molar-refractivity contribution is 0.306. The lowest BCUT2D eigenvalue weighted by atomic mass is 9.93. The Morgan fingerprint density at radius 2 is 1.75 bits per heavy atom. The molecule has 1 atom stereocenters. The predicted octanol–water partition coefficient (Wildman–Crippen LogP) is 4.89. The molecule has 1 saturated carbocycles. The first-order chi connectivity index (χ1) is 15.7. The first-order valence-corrected chi connectivity index (χ1v) is 11.5. The van der Waals surface area contributed by atoms with Gasteiger partial charge in [-0.3, -0.25) is 9.13 Å². The number of nitrogens with zero attached hydrogens (tertiary/aromatic N) is 2. The molecule has 3 heterocycles. The number of hydrogen-bond acceptors (Lipinski definition) is 3. The summed E-state index contributed by atoms with van der Waals surface area (Å²) in [6, 6.07) is 15.8. The third-order valence-electron chi connectivity index (χ3n) is 7.28. The number of para-hydroxylation sites is 1. The van der Waals surface area contributed by atoms with E-state index in [0.717, 1.165) is 59.2 Å². The zero-order valence-corrected chi connectivity index (χ0v) is 18.2. The summed E-state index contributed by atoms with van der Waals surface area (Å²) in [4.78, 5) is 17.4. The van der Waals surface area contributed by atoms with E-state index < -0.39 is 0 Å². The van der Waals surface area contributed by atoms with Crippen molar-refractivity contribution in [2.75, 3.05) is 7.11 Å². The van der Waals surface area contributed by atoms with Gasteiger partial charge < -0.3 is 14.8 Å². The third-order valence-corrected chi connectivity index (χ3v) is 7.28. The zero-order chi connectivity index (χ0) is 21.8. The van der Waals surface area contributed by atoms with Crippen LogP contribution in [0.5, 0.6) is 11.6 Å². The third kappa shape index (κ3) is 2.75. The fraction of sp³-hybridized carbons (Fsp3) is 0.346. The maximum absolute atomic E-state index is 13.8. The Labute approximate surface area is 186 Å². The fourth-order valence-electron chi connectivity index (χ4n) is 5.71. The highest BCUT2D eigenvalue weighted by molar-refractivity contribution is 5.86. The molecule has 4 aromatic rings. The molecule has 0 amide bonds. The molecule has 0 saturated heterocycles. The highest BCUT2D eigenvalue weighted by atomic mass is 16.5. The maximum Gasteiger partial charge on any atom is 0.332 e. The van der Waals surface area contributed by atoms with Crippen LogP contribution in [0.2, 0.25) is 0 Å². The molecule has 6 rings (SSSR count). The van der Waals surface area contributed by atoms with Crippen molar-refractivity contribution in [2.45, 2.75) is 50.6 Å². The van der Waals surface area contributed by atoms with Gasteiger partial charge in [0.1, 0.15) is 11.8 Å². The number of aromatic amines is 1. The molecule has 2 aromatic carbocycles. The van der Waals surface area contributed by atoms with Crippen LogP contribution < -0.4 is 10.4 Å². The molecule has 1 aliphatic heterocycles. The van der Waals surface area contributed by atoms with Gasteiger partial charge in [-0.15, -0.1) is 0 Å². The minimum Gasteiger partial charge on any atom is -0.497 e. The van der Waals surface area contributed by atoms with Crippen molar-refractivity contribution in [3.8, 4) is 11.6 Å². The predicted molar refractivity (Wildman–Crippen MR) is 124 cm³/mol. The van der Waals surface area contributed by atoms with Gasteiger partial charge in [-0.25, -0.2) is 4.79 Å². The van der Waals surface area contributed by atoms with Crippen molar-refractivity contribution in [1.29, 1.82) is 0 Å². The van der Waals surface area contributed by atoms with E-state index in [2.05, 4.69) is 17.1 Å². The Morgan fingerprint density at radius 3 is 2.50 bits per heavy atom. The van der Waals surface area contributed by atoms with Gasteiger partial charge in [0.05, 0.1) is 12.8 Å². The van der Waals surface area contributed by atoms with Gasteiger partial charge in [-0.1, -0.05) is 49.6 Å². The number of H-pyrrole nitrogens is 1. The van der Waals surface area contributed by atoms with Crippen LogP contribution in [0.1, 0.15) is 66.7 Å². The van der Waals surface area contributed by atoms with Crippen LogP contribution in [0.25, 0.3) is 10.9 Å². The van der Waals surface area contributed by atoms with Gasteiger partial charge in [0, 0.05) is 29.1 Å². The van der Waals surface area contributed by atoms with Crippen molar-refractivity contribution in [3.63, 3.8) is 0 Å². The fourth-order valence-corrected chi connectivity index (χ4v) is 5.71. The summed E-state index contributed by atoms with van der Waals surface area (Å²) in [5.74, 6) is 0.910. The summed E-state index contributed by atoms with van der Waals surface area (Å²) < 4.78 is 8.82. The number of imidazole rings is 1. The maximum atomic E-state index is 13.8. The van der Waals surface area contributed by atoms with Crippen molar-refractivity contribution in [1.82, 2.24) is 14.1 Å². The number of ether oxygens (including phenoxy) is 1. The van der Waals surface area contributed by atoms with Crippen molar-refractivity contribution < 1.29 is 9.84 Å². The standard InChI is InChI=1S/C26H27N3O3/c1-32-18-13-11-16(12-14-18)24-23-20(19-9-5-6-10-21(19)27-23)15-22-25(30)28(26(31)29(22)24)17-7-3-2-4-8-17/h5-6,9-14,17,24,27,30H,2-4,7-8,15H2,1H3. The van der Waals surface area contributed by atoms with E-state index in [1.54, 1.807) is 11.7 Å². The SMILES string of the molecule is COc1ccc(C2c3[nH]c4ccccc4c3Cc3c(O)n(C4CCCCC4)c(=O)n32)cc1. The van der Waals surface area contributed by atoms with Crippen LogP contribution in [-0.2, 0) is 6.42 Å². The lowest BCUT2D eigenvalue weighted by Gasteiger charge is -2.26. The molecule has 1 unspecified atom stereocenters. The molecule has 6 nitrogen and oxygen atoms in total. The summed E-state index contributed by atoms with van der Waals surface area (Å²) in [6.07, 6.45) is 5.82. The second kappa shape index (κ2) is 7.33. The number of aromatic nitrogens is 3. The minimum absolute atomic E-state index is 0.0703. The van der Waals surface area contributed by atoms with Crippen LogP contribution in [0, 0.1) is 0 Å². The number of hydrogen-bond donors (Lipinski definition) is 2. The summed E-state index contributed by atoms with van der Waals surface area (Å²) in [5, 5.41) is 12.4. The van der Waals surface area contributed by atoms with E-state index in [1.807, 2.05) is 41.0 Å². The van der Waals surface area contributed by atoms with Gasteiger partial charge >= 0.3 is 5.69 Å². The highest BCUT2D eigenvalue weighted by Crippen LogP contribution is 2.42. The molecule has 0 bridgehead atoms. The average molecular weight is 430 g/mol. The van der Waals surface area contributed by atoms with E-state index in [4.69, 9.17) is 4.74 Å². The number of fused-ring (bicyclic) bond motifs is 4. The Morgan fingerprint density at radius 1 is 1.00 bits per heavy atom. The van der Waals surface area contributed by atoms with Gasteiger partial charge in [-0.05, 0) is 42.2 Å². The van der Waals surface area contributed by atoms with Gasteiger partial charge in [0.2, 0.25) is 5.88 Å². The Bertz CT molecular complexity index is 1350. The molecule has 1 fully saturated rings. The quantitative estimate of drug-likeness (QED) is 0.429. The molecule has 2 N–H and O–H groups in total. The zero-order valence-electron chi connectivity index (χ0n) is 18.2. The van der Waals surface area contributed by atoms with Gasteiger partial charge in [0.25, 0.3) is 0 Å². The second-order valence-electron chi connectivity index (χ2n) is 9.00. The Kier molecular flexibility index (Phi) is 4.42. The van der Waals surface area contributed by atoms with Crippen LogP contribution in [0.4, 0.5) is 0 Å². The lowest BCUT2D eigenvalue weighted by Crippen LogP contribution is -2.34. The Hall–Kier alpha value is -3.41. The summed E-state index contributed by atoms with van der Waals surface area (Å²) >= 11 is 0. The monoisotopic (exact) mass is 429 g/mol.